The van der Waals surface area contributed by atoms with Crippen molar-refractivity contribution in [2.75, 3.05) is 11.4 Å². The van der Waals surface area contributed by atoms with Crippen LogP contribution in [0, 0.1) is 5.92 Å². The summed E-state index contributed by atoms with van der Waals surface area (Å²) in [5.74, 6) is -1.17. The fraction of sp³-hybridized carbons (Fsp3) is 0.312. The first-order valence-electron chi connectivity index (χ1n) is 7.45. The van der Waals surface area contributed by atoms with Crippen LogP contribution in [0.2, 0.25) is 0 Å². The number of hydrogen-bond donors (Lipinski definition) is 1. The third-order valence-corrected chi connectivity index (χ3v) is 5.27. The highest BCUT2D eigenvalue weighted by Gasteiger charge is 2.32. The highest BCUT2D eigenvalue weighted by Crippen LogP contribution is 2.32. The van der Waals surface area contributed by atoms with E-state index in [1.165, 1.54) is 11.5 Å². The van der Waals surface area contributed by atoms with Crippen molar-refractivity contribution in [3.05, 3.63) is 41.9 Å². The predicted molar refractivity (Wildman–Crippen MR) is 88.7 cm³/mol. The van der Waals surface area contributed by atoms with Crippen LogP contribution >= 0.6 is 11.5 Å². The smallest absolute Gasteiger partial charge is 0.308 e. The van der Waals surface area contributed by atoms with Crippen LogP contribution in [0.4, 0.5) is 5.69 Å². The first-order valence-corrected chi connectivity index (χ1v) is 8.22. The second kappa shape index (κ2) is 5.34. The van der Waals surface area contributed by atoms with Crippen molar-refractivity contribution in [1.82, 2.24) is 14.2 Å². The van der Waals surface area contributed by atoms with Gasteiger partial charge in [0, 0.05) is 25.4 Å². The van der Waals surface area contributed by atoms with E-state index in [-0.39, 0.29) is 0 Å². The summed E-state index contributed by atoms with van der Waals surface area (Å²) in [5.41, 5.74) is 2.98. The van der Waals surface area contributed by atoms with E-state index in [2.05, 4.69) is 26.5 Å². The summed E-state index contributed by atoms with van der Waals surface area (Å²) in [4.78, 5) is 13.6. The van der Waals surface area contributed by atoms with Crippen LogP contribution in [-0.4, -0.2) is 31.8 Å². The molecule has 0 fully saturated rings. The molecule has 1 N–H and O–H groups in total. The molecule has 3 heterocycles. The minimum atomic E-state index is -0.759. The molecule has 1 aromatic carbocycles. The van der Waals surface area contributed by atoms with Crippen molar-refractivity contribution in [3.63, 3.8) is 0 Å². The molecule has 0 aliphatic carbocycles. The molecule has 2 aromatic heterocycles. The number of nitrogens with zero attached hydrogens (tertiary/aromatic N) is 4. The average molecular weight is 328 g/mol. The predicted octanol–water partition coefficient (Wildman–Crippen LogP) is 2.29. The van der Waals surface area contributed by atoms with E-state index >= 15 is 0 Å². The molecule has 118 valence electrons. The lowest BCUT2D eigenvalue weighted by atomic mass is 9.97. The van der Waals surface area contributed by atoms with E-state index in [1.54, 1.807) is 4.68 Å². The molecule has 7 heteroatoms. The lowest BCUT2D eigenvalue weighted by Gasteiger charge is -2.32. The summed E-state index contributed by atoms with van der Waals surface area (Å²) in [6, 6.07) is 8.13. The van der Waals surface area contributed by atoms with Gasteiger partial charge in [-0.05, 0) is 17.6 Å². The van der Waals surface area contributed by atoms with Gasteiger partial charge in [0.05, 0.1) is 40.4 Å². The van der Waals surface area contributed by atoms with Crippen LogP contribution in [0.5, 0.6) is 0 Å². The Morgan fingerprint density at radius 2 is 2.26 bits per heavy atom. The second-order valence-electron chi connectivity index (χ2n) is 5.85. The number of aliphatic carboxylic acids is 1. The minimum Gasteiger partial charge on any atom is -0.481 e. The topological polar surface area (TPSA) is 71.2 Å². The van der Waals surface area contributed by atoms with Crippen molar-refractivity contribution in [2.24, 2.45) is 13.0 Å². The Balaban J connectivity index is 1.71. The van der Waals surface area contributed by atoms with Gasteiger partial charge in [-0.2, -0.15) is 9.47 Å². The lowest BCUT2D eigenvalue weighted by molar-refractivity contribution is -0.141. The molecule has 1 unspecified atom stereocenters. The molecule has 3 aromatic rings. The van der Waals surface area contributed by atoms with Gasteiger partial charge in [-0.15, -0.1) is 0 Å². The fourth-order valence-electron chi connectivity index (χ4n) is 3.16. The van der Waals surface area contributed by atoms with Gasteiger partial charge in [-0.25, -0.2) is 0 Å². The van der Waals surface area contributed by atoms with Gasteiger partial charge in [0.1, 0.15) is 0 Å². The Bertz CT molecular complexity index is 885. The van der Waals surface area contributed by atoms with E-state index in [1.807, 2.05) is 25.4 Å². The van der Waals surface area contributed by atoms with Gasteiger partial charge >= 0.3 is 5.97 Å². The highest BCUT2D eigenvalue weighted by molar-refractivity contribution is 7.13. The molecule has 0 bridgehead atoms. The summed E-state index contributed by atoms with van der Waals surface area (Å²) < 4.78 is 7.49. The van der Waals surface area contributed by atoms with Crippen LogP contribution in [0.3, 0.4) is 0 Å². The standard InChI is InChI=1S/C16H16N4O2S/c1-19-13-6-10(16(21)22)8-20(14(13)7-17-19)9-12-11-4-2-3-5-15(11)23-18-12/h2-5,7,10H,6,8-9H2,1H3,(H,21,22). The maximum absolute atomic E-state index is 11.5. The minimum absolute atomic E-state index is 0.414. The Morgan fingerprint density at radius 1 is 1.43 bits per heavy atom. The molecule has 1 atom stereocenters. The van der Waals surface area contributed by atoms with Crippen LogP contribution in [0.1, 0.15) is 11.4 Å². The highest BCUT2D eigenvalue weighted by atomic mass is 32.1. The molecule has 4 rings (SSSR count). The zero-order valence-electron chi connectivity index (χ0n) is 12.6. The molecular formula is C16H16N4O2S. The maximum atomic E-state index is 11.5. The monoisotopic (exact) mass is 328 g/mol. The molecule has 0 radical (unpaired) electrons. The second-order valence-corrected chi connectivity index (χ2v) is 6.65. The van der Waals surface area contributed by atoms with Crippen molar-refractivity contribution in [3.8, 4) is 0 Å². The summed E-state index contributed by atoms with van der Waals surface area (Å²) >= 11 is 1.48. The Hall–Kier alpha value is -2.41. The summed E-state index contributed by atoms with van der Waals surface area (Å²) in [7, 11) is 1.86. The number of anilines is 1. The van der Waals surface area contributed by atoms with E-state index in [0.29, 0.717) is 19.5 Å². The van der Waals surface area contributed by atoms with E-state index < -0.39 is 11.9 Å². The van der Waals surface area contributed by atoms with E-state index in [4.69, 9.17) is 0 Å². The number of benzene rings is 1. The Labute approximate surface area is 137 Å². The van der Waals surface area contributed by atoms with Crippen molar-refractivity contribution in [1.29, 1.82) is 0 Å². The molecule has 0 spiro atoms. The Morgan fingerprint density at radius 3 is 3.09 bits per heavy atom. The fourth-order valence-corrected chi connectivity index (χ4v) is 3.95. The summed E-state index contributed by atoms with van der Waals surface area (Å²) in [6.45, 7) is 1.09. The molecule has 6 nitrogen and oxygen atoms in total. The van der Waals surface area contributed by atoms with Crippen LogP contribution in [0.15, 0.2) is 30.5 Å². The number of aromatic nitrogens is 3. The third kappa shape index (κ3) is 2.37. The molecule has 23 heavy (non-hydrogen) atoms. The number of rotatable bonds is 3. The number of carboxylic acids is 1. The van der Waals surface area contributed by atoms with Gasteiger partial charge < -0.3 is 10.0 Å². The maximum Gasteiger partial charge on any atom is 0.308 e. The lowest BCUT2D eigenvalue weighted by Crippen LogP contribution is -2.38. The molecule has 0 saturated heterocycles. The van der Waals surface area contributed by atoms with Gasteiger partial charge in [-0.3, -0.25) is 9.48 Å². The summed E-state index contributed by atoms with van der Waals surface area (Å²) in [6.07, 6.45) is 2.34. The third-order valence-electron chi connectivity index (χ3n) is 4.40. The molecule has 0 saturated carbocycles. The number of fused-ring (bicyclic) bond motifs is 2. The SMILES string of the molecule is Cn1ncc2c1CC(C(=O)O)CN2Cc1nsc2ccccc12. The van der Waals surface area contributed by atoms with Crippen molar-refractivity contribution < 1.29 is 9.90 Å². The number of aryl methyl sites for hydroxylation is 1. The first kappa shape index (κ1) is 14.2. The van der Waals surface area contributed by atoms with Gasteiger partial charge in [0.2, 0.25) is 0 Å². The average Bonchev–Trinajstić information content (AvgIpc) is 3.12. The Kier molecular flexibility index (Phi) is 3.30. The molecular weight excluding hydrogens is 312 g/mol. The number of carboxylic acid groups (broad SMARTS) is 1. The zero-order chi connectivity index (χ0) is 16.0. The molecule has 0 amide bonds. The van der Waals surface area contributed by atoms with Crippen LogP contribution in [-0.2, 0) is 24.8 Å². The van der Waals surface area contributed by atoms with Crippen molar-refractivity contribution in [2.45, 2.75) is 13.0 Å². The number of hydrogen-bond acceptors (Lipinski definition) is 5. The van der Waals surface area contributed by atoms with Crippen molar-refractivity contribution >= 4 is 33.3 Å². The van der Waals surface area contributed by atoms with E-state index in [0.717, 1.165) is 27.2 Å². The number of carbonyl (C=O) groups is 1. The largest absolute Gasteiger partial charge is 0.481 e. The van der Waals surface area contributed by atoms with Crippen LogP contribution in [0.25, 0.3) is 10.1 Å². The van der Waals surface area contributed by atoms with Gasteiger partial charge in [0.25, 0.3) is 0 Å². The zero-order valence-corrected chi connectivity index (χ0v) is 13.5. The first-order chi connectivity index (χ1) is 11.1. The normalized spacial score (nSPS) is 17.4. The van der Waals surface area contributed by atoms with E-state index in [9.17, 15) is 9.90 Å². The molecule has 1 aliphatic rings. The van der Waals surface area contributed by atoms with Gasteiger partial charge in [-0.1, -0.05) is 18.2 Å². The van der Waals surface area contributed by atoms with Crippen LogP contribution < -0.4 is 4.90 Å². The summed E-state index contributed by atoms with van der Waals surface area (Å²) in [5, 5.41) is 14.9. The molecule has 1 aliphatic heterocycles. The van der Waals surface area contributed by atoms with Gasteiger partial charge in [0.15, 0.2) is 0 Å². The quantitative estimate of drug-likeness (QED) is 0.799.